The van der Waals surface area contributed by atoms with Crippen LogP contribution in [0.2, 0.25) is 0 Å². The zero-order chi connectivity index (χ0) is 19.8. The van der Waals surface area contributed by atoms with Gasteiger partial charge in [0.15, 0.2) is 0 Å². The van der Waals surface area contributed by atoms with Gasteiger partial charge in [-0.25, -0.2) is 4.68 Å². The lowest BCUT2D eigenvalue weighted by atomic mass is 9.85. The van der Waals surface area contributed by atoms with E-state index in [9.17, 15) is 18.0 Å². The molecule has 1 amide bonds. The highest BCUT2D eigenvalue weighted by Gasteiger charge is 2.33. The first-order chi connectivity index (χ1) is 12.6. The largest absolute Gasteiger partial charge is 0.393 e. The lowest BCUT2D eigenvalue weighted by Gasteiger charge is -2.25. The van der Waals surface area contributed by atoms with Crippen molar-refractivity contribution in [3.8, 4) is 0 Å². The van der Waals surface area contributed by atoms with Gasteiger partial charge in [-0.1, -0.05) is 38.1 Å². The number of nitrogens with zero attached hydrogens (tertiary/aromatic N) is 2. The molecule has 7 heteroatoms. The van der Waals surface area contributed by atoms with E-state index in [-0.39, 0.29) is 23.8 Å². The van der Waals surface area contributed by atoms with Crippen LogP contribution in [0.5, 0.6) is 0 Å². The molecule has 1 aliphatic heterocycles. The van der Waals surface area contributed by atoms with Crippen LogP contribution < -0.4 is 5.32 Å². The van der Waals surface area contributed by atoms with Gasteiger partial charge in [-0.3, -0.25) is 4.79 Å². The number of halogens is 3. The van der Waals surface area contributed by atoms with Crippen molar-refractivity contribution in [2.75, 3.05) is 5.32 Å². The molecule has 0 radical (unpaired) electrons. The second-order valence-electron chi connectivity index (χ2n) is 7.60. The molecular formula is C20H24F3N3O. The van der Waals surface area contributed by atoms with Crippen molar-refractivity contribution in [2.24, 2.45) is 5.92 Å². The van der Waals surface area contributed by atoms with E-state index in [1.165, 1.54) is 6.07 Å². The quantitative estimate of drug-likeness (QED) is 0.810. The number of benzene rings is 1. The Balaban J connectivity index is 1.97. The van der Waals surface area contributed by atoms with Gasteiger partial charge in [0.25, 0.3) is 0 Å². The third-order valence-electron chi connectivity index (χ3n) is 4.85. The molecule has 0 saturated heterocycles. The number of rotatable bonds is 5. The first-order valence-electron chi connectivity index (χ1n) is 9.17. The Morgan fingerprint density at radius 2 is 2.07 bits per heavy atom. The molecule has 2 heterocycles. The van der Waals surface area contributed by atoms with Crippen molar-refractivity contribution < 1.29 is 18.0 Å². The summed E-state index contributed by atoms with van der Waals surface area (Å²) in [4.78, 5) is 12.3. The third kappa shape index (κ3) is 4.51. The van der Waals surface area contributed by atoms with Gasteiger partial charge in [-0.15, -0.1) is 0 Å². The zero-order valence-electron chi connectivity index (χ0n) is 15.7. The number of amides is 1. The summed E-state index contributed by atoms with van der Waals surface area (Å²) in [7, 11) is 0. The Labute approximate surface area is 156 Å². The highest BCUT2D eigenvalue weighted by atomic mass is 19.4. The summed E-state index contributed by atoms with van der Waals surface area (Å²) in [6.45, 7) is 6.82. The molecule has 1 atom stereocenters. The molecule has 0 bridgehead atoms. The number of alkyl halides is 3. The number of nitrogens with one attached hydrogen (secondary N) is 1. The van der Waals surface area contributed by atoms with Crippen molar-refractivity contribution in [3.63, 3.8) is 0 Å². The van der Waals surface area contributed by atoms with E-state index >= 15 is 0 Å². The molecular weight excluding hydrogens is 355 g/mol. The lowest BCUT2D eigenvalue weighted by Crippen LogP contribution is -2.25. The van der Waals surface area contributed by atoms with Crippen LogP contribution in [0.4, 0.5) is 19.0 Å². The van der Waals surface area contributed by atoms with Crippen LogP contribution in [0.3, 0.4) is 0 Å². The summed E-state index contributed by atoms with van der Waals surface area (Å²) >= 11 is 0. The number of aromatic nitrogens is 2. The molecule has 0 spiro atoms. The maximum atomic E-state index is 12.8. The van der Waals surface area contributed by atoms with E-state index in [1.807, 2.05) is 11.6 Å². The van der Waals surface area contributed by atoms with E-state index in [2.05, 4.69) is 24.3 Å². The average molecular weight is 379 g/mol. The molecule has 0 fully saturated rings. The molecule has 1 aromatic carbocycles. The Morgan fingerprint density at radius 1 is 1.33 bits per heavy atom. The number of hydrogen-bond acceptors (Lipinski definition) is 2. The van der Waals surface area contributed by atoms with E-state index in [1.54, 1.807) is 18.2 Å². The second kappa shape index (κ2) is 7.37. The normalized spacial score (nSPS) is 17.1. The number of anilines is 1. The van der Waals surface area contributed by atoms with Crippen molar-refractivity contribution in [1.29, 1.82) is 0 Å². The first-order valence-corrected chi connectivity index (χ1v) is 9.17. The molecule has 27 heavy (non-hydrogen) atoms. The Kier molecular flexibility index (Phi) is 5.31. The molecule has 1 aliphatic rings. The molecule has 4 nitrogen and oxygen atoms in total. The van der Waals surface area contributed by atoms with Crippen LogP contribution in [0.15, 0.2) is 24.3 Å². The molecule has 0 aliphatic carbocycles. The average Bonchev–Trinajstić information content (AvgIpc) is 2.87. The van der Waals surface area contributed by atoms with Gasteiger partial charge in [-0.2, -0.15) is 18.3 Å². The summed E-state index contributed by atoms with van der Waals surface area (Å²) in [5.74, 6) is 0.754. The highest BCUT2D eigenvalue weighted by molar-refractivity contribution is 5.94. The van der Waals surface area contributed by atoms with Crippen LogP contribution in [-0.2, 0) is 17.8 Å². The van der Waals surface area contributed by atoms with Crippen molar-refractivity contribution in [1.82, 2.24) is 9.78 Å². The Hall–Kier alpha value is -2.31. The molecule has 1 N–H and O–H groups in total. The minimum Gasteiger partial charge on any atom is -0.311 e. The van der Waals surface area contributed by atoms with Crippen molar-refractivity contribution in [3.05, 3.63) is 46.6 Å². The van der Waals surface area contributed by atoms with Gasteiger partial charge in [0.1, 0.15) is 5.82 Å². The molecule has 1 aromatic heterocycles. The predicted octanol–water partition coefficient (Wildman–Crippen LogP) is 4.82. The summed E-state index contributed by atoms with van der Waals surface area (Å²) in [5, 5.41) is 7.49. The maximum Gasteiger partial charge on any atom is 0.393 e. The third-order valence-corrected chi connectivity index (χ3v) is 4.85. The lowest BCUT2D eigenvalue weighted by molar-refractivity contribution is -0.127. The van der Waals surface area contributed by atoms with Gasteiger partial charge in [0, 0.05) is 24.4 Å². The summed E-state index contributed by atoms with van der Waals surface area (Å²) in [5.41, 5.74) is 2.64. The highest BCUT2D eigenvalue weighted by Crippen LogP contribution is 2.39. The summed E-state index contributed by atoms with van der Waals surface area (Å²) in [6, 6.07) is 6.45. The van der Waals surface area contributed by atoms with E-state index < -0.39 is 12.6 Å². The minimum atomic E-state index is -4.26. The van der Waals surface area contributed by atoms with E-state index in [0.717, 1.165) is 23.2 Å². The number of fused-ring (bicyclic) bond motifs is 1. The number of hydrogen-bond donors (Lipinski definition) is 1. The van der Waals surface area contributed by atoms with Gasteiger partial charge < -0.3 is 5.32 Å². The van der Waals surface area contributed by atoms with Crippen LogP contribution in [0.25, 0.3) is 0 Å². The molecule has 0 saturated carbocycles. The van der Waals surface area contributed by atoms with Crippen molar-refractivity contribution in [2.45, 2.75) is 58.7 Å². The SMILES string of the molecule is Cc1nn(CCC(C)C)c2c1C(c1cccc(CC(F)(F)F)c1)CC(=O)N2. The Bertz CT molecular complexity index is 839. The summed E-state index contributed by atoms with van der Waals surface area (Å²) < 4.78 is 40.1. The zero-order valence-corrected chi connectivity index (χ0v) is 15.7. The fraction of sp³-hybridized carbons (Fsp3) is 0.500. The fourth-order valence-corrected chi connectivity index (χ4v) is 3.59. The monoisotopic (exact) mass is 379 g/mol. The van der Waals surface area contributed by atoms with Gasteiger partial charge in [0.2, 0.25) is 5.91 Å². The van der Waals surface area contributed by atoms with Crippen LogP contribution in [0.1, 0.15) is 55.0 Å². The smallest absolute Gasteiger partial charge is 0.311 e. The van der Waals surface area contributed by atoms with Crippen LogP contribution in [-0.4, -0.2) is 21.9 Å². The number of aryl methyl sites for hydroxylation is 2. The minimum absolute atomic E-state index is 0.139. The number of carbonyl (C=O) groups excluding carboxylic acids is 1. The topological polar surface area (TPSA) is 46.9 Å². The maximum absolute atomic E-state index is 12.8. The summed E-state index contributed by atoms with van der Waals surface area (Å²) in [6.07, 6.45) is -4.10. The van der Waals surface area contributed by atoms with Gasteiger partial charge in [-0.05, 0) is 30.4 Å². The second-order valence-corrected chi connectivity index (χ2v) is 7.60. The van der Waals surface area contributed by atoms with Crippen molar-refractivity contribution >= 4 is 11.7 Å². The standard InChI is InChI=1S/C20H24F3N3O/c1-12(2)7-8-26-19-18(13(3)25-26)16(10-17(27)24-19)15-6-4-5-14(9-15)11-20(21,22)23/h4-6,9,12,16H,7-8,10-11H2,1-3H3,(H,24,27). The molecule has 146 valence electrons. The van der Waals surface area contributed by atoms with E-state index in [0.29, 0.717) is 18.3 Å². The van der Waals surface area contributed by atoms with Crippen LogP contribution in [0, 0.1) is 12.8 Å². The fourth-order valence-electron chi connectivity index (χ4n) is 3.59. The molecule has 3 rings (SSSR count). The molecule has 1 unspecified atom stereocenters. The van der Waals surface area contributed by atoms with E-state index in [4.69, 9.17) is 0 Å². The molecule has 2 aromatic rings. The van der Waals surface area contributed by atoms with Gasteiger partial charge >= 0.3 is 6.18 Å². The number of carbonyl (C=O) groups is 1. The van der Waals surface area contributed by atoms with Gasteiger partial charge in [0.05, 0.1) is 12.1 Å². The first kappa shape index (κ1) is 19.5. The Morgan fingerprint density at radius 3 is 2.74 bits per heavy atom. The predicted molar refractivity (Wildman–Crippen MR) is 97.7 cm³/mol. The van der Waals surface area contributed by atoms with Crippen LogP contribution >= 0.6 is 0 Å².